The summed E-state index contributed by atoms with van der Waals surface area (Å²) >= 11 is 0. The van der Waals surface area contributed by atoms with E-state index in [-0.39, 0.29) is 0 Å². The number of nitrogens with one attached hydrogen (secondary N) is 2. The molecule has 122 valence electrons. The van der Waals surface area contributed by atoms with Crippen LogP contribution in [-0.2, 0) is 6.42 Å². The van der Waals surface area contributed by atoms with Crippen LogP contribution in [0.15, 0.2) is 23.3 Å². The maximum atomic E-state index is 4.34. The first kappa shape index (κ1) is 16.8. The molecule has 0 aromatic carbocycles. The summed E-state index contributed by atoms with van der Waals surface area (Å²) in [6.45, 7) is 7.62. The van der Waals surface area contributed by atoms with Crippen molar-refractivity contribution < 1.29 is 0 Å². The maximum Gasteiger partial charge on any atom is 0.191 e. The number of aliphatic imine (C=N–C) groups is 1. The summed E-state index contributed by atoms with van der Waals surface area (Å²) < 4.78 is 0. The maximum absolute atomic E-state index is 4.34. The Labute approximate surface area is 134 Å². The Morgan fingerprint density at radius 3 is 2.64 bits per heavy atom. The fraction of sp³-hybridized carbons (Fsp3) is 0.667. The number of aryl methyl sites for hydroxylation is 1. The number of hydrogen-bond donors (Lipinski definition) is 2. The first-order chi connectivity index (χ1) is 10.5. The minimum atomic E-state index is 0.508. The van der Waals surface area contributed by atoms with E-state index in [1.807, 2.05) is 20.2 Å². The molecule has 0 spiro atoms. The molecule has 0 saturated heterocycles. The van der Waals surface area contributed by atoms with Gasteiger partial charge in [-0.05, 0) is 56.1 Å². The van der Waals surface area contributed by atoms with Gasteiger partial charge in [0.25, 0.3) is 0 Å². The lowest BCUT2D eigenvalue weighted by molar-refractivity contribution is 0.216. The number of hydrogen-bond acceptors (Lipinski definition) is 2. The van der Waals surface area contributed by atoms with Crippen LogP contribution in [-0.4, -0.2) is 30.6 Å². The molecule has 0 aliphatic heterocycles. The van der Waals surface area contributed by atoms with Gasteiger partial charge in [-0.1, -0.05) is 19.9 Å². The smallest absolute Gasteiger partial charge is 0.191 e. The number of aromatic nitrogens is 1. The number of rotatable bonds is 4. The van der Waals surface area contributed by atoms with Crippen molar-refractivity contribution in [2.45, 2.75) is 58.9 Å². The minimum absolute atomic E-state index is 0.508. The highest BCUT2D eigenvalue weighted by molar-refractivity contribution is 5.79. The zero-order valence-corrected chi connectivity index (χ0v) is 14.4. The predicted molar refractivity (Wildman–Crippen MR) is 93.2 cm³/mol. The lowest BCUT2D eigenvalue weighted by atomic mass is 9.75. The standard InChI is InChI=1S/C18H30N4/c1-14-5-6-15(13-21-14)9-12-20-17(19-4)22-16-7-10-18(2,3)11-8-16/h5-6,13,16H,7-12H2,1-4H3,(H2,19,20,22). The fourth-order valence-electron chi connectivity index (χ4n) is 2.90. The van der Waals surface area contributed by atoms with Crippen LogP contribution in [0.3, 0.4) is 0 Å². The number of pyridine rings is 1. The summed E-state index contributed by atoms with van der Waals surface area (Å²) in [4.78, 5) is 8.67. The molecule has 2 N–H and O–H groups in total. The van der Waals surface area contributed by atoms with E-state index in [2.05, 4.69) is 46.6 Å². The molecule has 1 heterocycles. The summed E-state index contributed by atoms with van der Waals surface area (Å²) in [5.74, 6) is 0.921. The molecule has 2 rings (SSSR count). The van der Waals surface area contributed by atoms with E-state index in [1.54, 1.807) is 0 Å². The molecule has 0 amide bonds. The monoisotopic (exact) mass is 302 g/mol. The second kappa shape index (κ2) is 7.61. The lowest BCUT2D eigenvalue weighted by Gasteiger charge is -2.35. The van der Waals surface area contributed by atoms with Crippen molar-refractivity contribution in [1.29, 1.82) is 0 Å². The first-order valence-corrected chi connectivity index (χ1v) is 8.37. The highest BCUT2D eigenvalue weighted by atomic mass is 15.2. The van der Waals surface area contributed by atoms with Crippen LogP contribution in [0.2, 0.25) is 0 Å². The topological polar surface area (TPSA) is 49.3 Å². The van der Waals surface area contributed by atoms with E-state index in [1.165, 1.54) is 31.2 Å². The van der Waals surface area contributed by atoms with Crippen molar-refractivity contribution in [2.75, 3.05) is 13.6 Å². The van der Waals surface area contributed by atoms with Gasteiger partial charge >= 0.3 is 0 Å². The van der Waals surface area contributed by atoms with Gasteiger partial charge in [0.15, 0.2) is 5.96 Å². The molecule has 0 radical (unpaired) electrons. The van der Waals surface area contributed by atoms with Gasteiger partial charge in [-0.25, -0.2) is 0 Å². The van der Waals surface area contributed by atoms with E-state index in [0.717, 1.165) is 24.6 Å². The van der Waals surface area contributed by atoms with Crippen molar-refractivity contribution in [3.8, 4) is 0 Å². The van der Waals surface area contributed by atoms with E-state index < -0.39 is 0 Å². The minimum Gasteiger partial charge on any atom is -0.356 e. The summed E-state index contributed by atoms with van der Waals surface area (Å²) in [6.07, 6.45) is 7.96. The van der Waals surface area contributed by atoms with E-state index in [9.17, 15) is 0 Å². The molecular weight excluding hydrogens is 272 g/mol. The number of guanidine groups is 1. The third kappa shape index (κ3) is 5.32. The Morgan fingerprint density at radius 1 is 1.32 bits per heavy atom. The zero-order chi connectivity index (χ0) is 16.0. The van der Waals surface area contributed by atoms with Crippen LogP contribution < -0.4 is 10.6 Å². The summed E-state index contributed by atoms with van der Waals surface area (Å²) in [5.41, 5.74) is 2.83. The fourth-order valence-corrected chi connectivity index (χ4v) is 2.90. The van der Waals surface area contributed by atoms with Gasteiger partial charge in [-0.15, -0.1) is 0 Å². The molecule has 1 fully saturated rings. The Hall–Kier alpha value is -1.58. The molecule has 0 bridgehead atoms. The largest absolute Gasteiger partial charge is 0.356 e. The SMILES string of the molecule is CN=C(NCCc1ccc(C)nc1)NC1CCC(C)(C)CC1. The first-order valence-electron chi connectivity index (χ1n) is 8.37. The molecule has 1 saturated carbocycles. The molecular formula is C18H30N4. The van der Waals surface area contributed by atoms with E-state index in [0.29, 0.717) is 11.5 Å². The normalized spacial score (nSPS) is 19.0. The van der Waals surface area contributed by atoms with E-state index >= 15 is 0 Å². The molecule has 1 aromatic rings. The highest BCUT2D eigenvalue weighted by Gasteiger charge is 2.26. The van der Waals surface area contributed by atoms with Gasteiger partial charge in [0.05, 0.1) is 0 Å². The second-order valence-electron chi connectivity index (χ2n) is 7.14. The molecule has 22 heavy (non-hydrogen) atoms. The van der Waals surface area contributed by atoms with Gasteiger partial charge in [0.2, 0.25) is 0 Å². The zero-order valence-electron chi connectivity index (χ0n) is 14.4. The Morgan fingerprint density at radius 2 is 2.05 bits per heavy atom. The van der Waals surface area contributed by atoms with Gasteiger partial charge < -0.3 is 10.6 Å². The second-order valence-corrected chi connectivity index (χ2v) is 7.14. The Kier molecular flexibility index (Phi) is 5.81. The van der Waals surface area contributed by atoms with Crippen LogP contribution in [0.1, 0.15) is 50.8 Å². The molecule has 1 aromatic heterocycles. The average molecular weight is 302 g/mol. The van der Waals surface area contributed by atoms with Crippen LogP contribution in [0.4, 0.5) is 0 Å². The van der Waals surface area contributed by atoms with Crippen molar-refractivity contribution in [3.05, 3.63) is 29.6 Å². The molecule has 4 nitrogen and oxygen atoms in total. The van der Waals surface area contributed by atoms with Crippen LogP contribution >= 0.6 is 0 Å². The summed E-state index contributed by atoms with van der Waals surface area (Å²) in [7, 11) is 1.84. The third-order valence-electron chi connectivity index (χ3n) is 4.58. The lowest BCUT2D eigenvalue weighted by Crippen LogP contribution is -2.46. The van der Waals surface area contributed by atoms with Gasteiger partial charge in [-0.2, -0.15) is 0 Å². The van der Waals surface area contributed by atoms with Crippen molar-refractivity contribution in [3.63, 3.8) is 0 Å². The van der Waals surface area contributed by atoms with Crippen LogP contribution in [0, 0.1) is 12.3 Å². The highest BCUT2D eigenvalue weighted by Crippen LogP contribution is 2.34. The molecule has 0 atom stereocenters. The quantitative estimate of drug-likeness (QED) is 0.664. The average Bonchev–Trinajstić information content (AvgIpc) is 2.50. The molecule has 1 aliphatic carbocycles. The number of nitrogens with zero attached hydrogens (tertiary/aromatic N) is 2. The van der Waals surface area contributed by atoms with Crippen molar-refractivity contribution in [1.82, 2.24) is 15.6 Å². The van der Waals surface area contributed by atoms with Crippen molar-refractivity contribution in [2.24, 2.45) is 10.4 Å². The third-order valence-corrected chi connectivity index (χ3v) is 4.58. The summed E-state index contributed by atoms with van der Waals surface area (Å²) in [6, 6.07) is 4.76. The predicted octanol–water partition coefficient (Wildman–Crippen LogP) is 3.07. The Balaban J connectivity index is 1.72. The molecule has 4 heteroatoms. The van der Waals surface area contributed by atoms with E-state index in [4.69, 9.17) is 0 Å². The molecule has 0 unspecified atom stereocenters. The summed E-state index contributed by atoms with van der Waals surface area (Å²) in [5, 5.41) is 6.97. The van der Waals surface area contributed by atoms with Gasteiger partial charge in [0.1, 0.15) is 0 Å². The van der Waals surface area contributed by atoms with Gasteiger partial charge in [-0.3, -0.25) is 9.98 Å². The van der Waals surface area contributed by atoms with Crippen LogP contribution in [0.5, 0.6) is 0 Å². The van der Waals surface area contributed by atoms with Gasteiger partial charge in [0, 0.05) is 31.5 Å². The van der Waals surface area contributed by atoms with Crippen molar-refractivity contribution >= 4 is 5.96 Å². The Bertz CT molecular complexity index is 480. The molecule has 1 aliphatic rings. The van der Waals surface area contributed by atoms with Crippen LogP contribution in [0.25, 0.3) is 0 Å².